The smallest absolute Gasteiger partial charge is 0.128 e. The van der Waals surface area contributed by atoms with E-state index in [1.54, 1.807) is 0 Å². The van der Waals surface area contributed by atoms with E-state index in [4.69, 9.17) is 5.73 Å². The van der Waals surface area contributed by atoms with Gasteiger partial charge in [0.1, 0.15) is 5.82 Å². The first-order valence-corrected chi connectivity index (χ1v) is 6.00. The molecule has 0 amide bonds. The van der Waals surface area contributed by atoms with Crippen LogP contribution in [0.2, 0.25) is 0 Å². The lowest BCUT2D eigenvalue weighted by Gasteiger charge is -2.21. The van der Waals surface area contributed by atoms with Crippen molar-refractivity contribution in [1.82, 2.24) is 10.3 Å². The molecule has 3 N–H and O–H groups in total. The molecule has 0 aliphatic rings. The molecule has 0 aliphatic carbocycles. The highest BCUT2D eigenvalue weighted by molar-refractivity contribution is 5.43. The quantitative estimate of drug-likeness (QED) is 0.803. The molecule has 0 fully saturated rings. The van der Waals surface area contributed by atoms with Crippen LogP contribution in [0.25, 0.3) is 0 Å². The van der Waals surface area contributed by atoms with Crippen molar-refractivity contribution >= 4 is 5.82 Å². The molecule has 16 heavy (non-hydrogen) atoms. The van der Waals surface area contributed by atoms with Gasteiger partial charge in [-0.15, -0.1) is 0 Å². The maximum absolute atomic E-state index is 5.95. The summed E-state index contributed by atoms with van der Waals surface area (Å²) in [5.41, 5.74) is 8.24. The highest BCUT2D eigenvalue weighted by Crippen LogP contribution is 2.25. The lowest BCUT2D eigenvalue weighted by atomic mass is 9.96. The molecule has 0 aliphatic heterocycles. The molecule has 3 heteroatoms. The molecular weight excluding hydrogens is 198 g/mol. The third kappa shape index (κ3) is 3.49. The molecule has 0 saturated heterocycles. The number of nitrogens with two attached hydrogens (primary N) is 1. The summed E-state index contributed by atoms with van der Waals surface area (Å²) >= 11 is 0. The van der Waals surface area contributed by atoms with Crippen LogP contribution in [0.4, 0.5) is 5.82 Å². The van der Waals surface area contributed by atoms with Gasteiger partial charge in [-0.2, -0.15) is 0 Å². The molecule has 0 saturated carbocycles. The van der Waals surface area contributed by atoms with Gasteiger partial charge in [0.25, 0.3) is 0 Å². The number of aryl methyl sites for hydroxylation is 1. The van der Waals surface area contributed by atoms with E-state index >= 15 is 0 Å². The minimum Gasteiger partial charge on any atom is -0.383 e. The van der Waals surface area contributed by atoms with Gasteiger partial charge in [0.2, 0.25) is 0 Å². The first-order valence-electron chi connectivity index (χ1n) is 6.00. The zero-order valence-corrected chi connectivity index (χ0v) is 10.7. The van der Waals surface area contributed by atoms with Crippen LogP contribution in [0, 0.1) is 12.8 Å². The fourth-order valence-corrected chi connectivity index (χ4v) is 1.92. The lowest BCUT2D eigenvalue weighted by molar-refractivity contribution is 0.438. The average Bonchev–Trinajstić information content (AvgIpc) is 2.20. The van der Waals surface area contributed by atoms with E-state index in [-0.39, 0.29) is 0 Å². The van der Waals surface area contributed by atoms with E-state index < -0.39 is 0 Å². The largest absolute Gasteiger partial charge is 0.383 e. The van der Waals surface area contributed by atoms with Crippen molar-refractivity contribution in [2.24, 2.45) is 5.92 Å². The minimum absolute atomic E-state index is 0.317. The van der Waals surface area contributed by atoms with Gasteiger partial charge < -0.3 is 11.1 Å². The number of nitrogens with one attached hydrogen (secondary N) is 1. The summed E-state index contributed by atoms with van der Waals surface area (Å²) in [6, 6.07) is 2.45. The Hall–Kier alpha value is -1.09. The molecule has 0 radical (unpaired) electrons. The van der Waals surface area contributed by atoms with E-state index in [2.05, 4.69) is 37.1 Å². The summed E-state index contributed by atoms with van der Waals surface area (Å²) in [4.78, 5) is 4.23. The summed E-state index contributed by atoms with van der Waals surface area (Å²) in [6.07, 6.45) is 2.90. The molecular formula is C13H23N3. The van der Waals surface area contributed by atoms with Gasteiger partial charge in [-0.25, -0.2) is 4.98 Å². The third-order valence-corrected chi connectivity index (χ3v) is 2.62. The predicted molar refractivity (Wildman–Crippen MR) is 69.3 cm³/mol. The summed E-state index contributed by atoms with van der Waals surface area (Å²) < 4.78 is 0. The van der Waals surface area contributed by atoms with E-state index in [0.717, 1.165) is 24.1 Å². The maximum Gasteiger partial charge on any atom is 0.128 e. The molecule has 1 rings (SSSR count). The van der Waals surface area contributed by atoms with Gasteiger partial charge >= 0.3 is 0 Å². The number of pyridine rings is 1. The zero-order chi connectivity index (χ0) is 12.1. The number of nitrogen functional groups attached to an aromatic ring is 1. The van der Waals surface area contributed by atoms with Crippen LogP contribution in [0.1, 0.15) is 44.4 Å². The summed E-state index contributed by atoms with van der Waals surface area (Å²) in [5.74, 6) is 1.29. The Morgan fingerprint density at radius 3 is 2.69 bits per heavy atom. The SMILES string of the molecule is CCNC(CC(C)C)c1cc(C)cnc1N. The molecule has 0 aromatic carbocycles. The second-order valence-corrected chi connectivity index (χ2v) is 4.73. The van der Waals surface area contributed by atoms with Crippen LogP contribution < -0.4 is 11.1 Å². The second kappa shape index (κ2) is 5.85. The highest BCUT2D eigenvalue weighted by atomic mass is 14.9. The van der Waals surface area contributed by atoms with Gasteiger partial charge in [0.15, 0.2) is 0 Å². The number of hydrogen-bond acceptors (Lipinski definition) is 3. The Morgan fingerprint density at radius 2 is 2.12 bits per heavy atom. The standard InChI is InChI=1S/C13H23N3/c1-5-15-12(6-9(2)3)11-7-10(4)8-16-13(11)14/h7-9,12,15H,5-6H2,1-4H3,(H2,14,16). The van der Waals surface area contributed by atoms with Crippen molar-refractivity contribution in [3.05, 3.63) is 23.4 Å². The van der Waals surface area contributed by atoms with Crippen LogP contribution >= 0.6 is 0 Å². The number of aromatic nitrogens is 1. The van der Waals surface area contributed by atoms with Crippen LogP contribution in [0.15, 0.2) is 12.3 Å². The Balaban J connectivity index is 2.94. The monoisotopic (exact) mass is 221 g/mol. The lowest BCUT2D eigenvalue weighted by Crippen LogP contribution is -2.23. The Morgan fingerprint density at radius 1 is 1.44 bits per heavy atom. The van der Waals surface area contributed by atoms with Crippen molar-refractivity contribution in [2.75, 3.05) is 12.3 Å². The number of nitrogens with zero attached hydrogens (tertiary/aromatic N) is 1. The fourth-order valence-electron chi connectivity index (χ4n) is 1.92. The van der Waals surface area contributed by atoms with Crippen LogP contribution in [0.5, 0.6) is 0 Å². The predicted octanol–water partition coefficient (Wildman–Crippen LogP) is 2.67. The summed E-state index contributed by atoms with van der Waals surface area (Å²) in [6.45, 7) is 9.57. The average molecular weight is 221 g/mol. The third-order valence-electron chi connectivity index (χ3n) is 2.62. The van der Waals surface area contributed by atoms with E-state index in [0.29, 0.717) is 17.8 Å². The molecule has 3 nitrogen and oxygen atoms in total. The van der Waals surface area contributed by atoms with Gasteiger partial charge in [0, 0.05) is 17.8 Å². The normalized spacial score (nSPS) is 13.1. The van der Waals surface area contributed by atoms with Crippen molar-refractivity contribution in [1.29, 1.82) is 0 Å². The minimum atomic E-state index is 0.317. The summed E-state index contributed by atoms with van der Waals surface area (Å²) in [7, 11) is 0. The summed E-state index contributed by atoms with van der Waals surface area (Å²) in [5, 5.41) is 3.48. The first kappa shape index (κ1) is 13.0. The molecule has 1 atom stereocenters. The Kier molecular flexibility index (Phi) is 4.74. The van der Waals surface area contributed by atoms with Gasteiger partial charge in [0.05, 0.1) is 0 Å². The first-order chi connectivity index (χ1) is 7.54. The second-order valence-electron chi connectivity index (χ2n) is 4.73. The number of hydrogen-bond donors (Lipinski definition) is 2. The zero-order valence-electron chi connectivity index (χ0n) is 10.7. The van der Waals surface area contributed by atoms with Gasteiger partial charge in [-0.3, -0.25) is 0 Å². The number of anilines is 1. The fraction of sp³-hybridized carbons (Fsp3) is 0.615. The van der Waals surface area contributed by atoms with Crippen molar-refractivity contribution in [3.63, 3.8) is 0 Å². The Labute approximate surface area is 98.5 Å². The molecule has 1 aromatic heterocycles. The molecule has 1 heterocycles. The van der Waals surface area contributed by atoms with Crippen LogP contribution in [0.3, 0.4) is 0 Å². The van der Waals surface area contributed by atoms with E-state index in [1.165, 1.54) is 0 Å². The Bertz CT molecular complexity index is 334. The van der Waals surface area contributed by atoms with Crippen LogP contribution in [-0.2, 0) is 0 Å². The van der Waals surface area contributed by atoms with Gasteiger partial charge in [-0.05, 0) is 37.4 Å². The van der Waals surface area contributed by atoms with Crippen molar-refractivity contribution in [2.45, 2.75) is 40.2 Å². The maximum atomic E-state index is 5.95. The van der Waals surface area contributed by atoms with Gasteiger partial charge in [-0.1, -0.05) is 20.8 Å². The topological polar surface area (TPSA) is 50.9 Å². The highest BCUT2D eigenvalue weighted by Gasteiger charge is 2.15. The van der Waals surface area contributed by atoms with Crippen LogP contribution in [-0.4, -0.2) is 11.5 Å². The van der Waals surface area contributed by atoms with E-state index in [1.807, 2.05) is 13.1 Å². The molecule has 1 aromatic rings. The molecule has 0 bridgehead atoms. The molecule has 90 valence electrons. The molecule has 0 spiro atoms. The molecule has 1 unspecified atom stereocenters. The van der Waals surface area contributed by atoms with Crippen molar-refractivity contribution < 1.29 is 0 Å². The van der Waals surface area contributed by atoms with E-state index in [9.17, 15) is 0 Å². The number of rotatable bonds is 5. The van der Waals surface area contributed by atoms with Crippen molar-refractivity contribution in [3.8, 4) is 0 Å².